The fraction of sp³-hybridized carbons (Fsp3) is 0.100. The minimum Gasteiger partial charge on any atom is -0.456 e. The first kappa shape index (κ1) is 10.7. The number of carbonyl (C=O) groups excluding carboxylic acids is 1. The van der Waals surface area contributed by atoms with Gasteiger partial charge in [0, 0.05) is 0 Å². The predicted octanol–water partition coefficient (Wildman–Crippen LogP) is 3.96. The van der Waals surface area contributed by atoms with E-state index in [0.29, 0.717) is 20.7 Å². The number of hydrogen-bond donors (Lipinski definition) is 0. The molecule has 0 N–H and O–H groups in total. The molecule has 0 aliphatic rings. The summed E-state index contributed by atoms with van der Waals surface area (Å²) in [5.74, 6) is 0.980. The number of hydrogen-bond acceptors (Lipinski definition) is 3. The molecule has 2 heterocycles. The molecule has 0 aliphatic carbocycles. The van der Waals surface area contributed by atoms with Crippen molar-refractivity contribution in [2.45, 2.75) is 5.88 Å². The van der Waals surface area contributed by atoms with Crippen molar-refractivity contribution in [2.24, 2.45) is 0 Å². The van der Waals surface area contributed by atoms with Crippen molar-refractivity contribution in [3.63, 3.8) is 0 Å². The highest BCUT2D eigenvalue weighted by atomic mass is 35.5. The molecule has 2 nitrogen and oxygen atoms in total. The van der Waals surface area contributed by atoms with Crippen LogP contribution < -0.4 is 0 Å². The van der Waals surface area contributed by atoms with Crippen LogP contribution in [0, 0.1) is 0 Å². The van der Waals surface area contributed by atoms with Gasteiger partial charge in [-0.15, -0.1) is 22.9 Å². The van der Waals surface area contributed by atoms with E-state index in [1.54, 1.807) is 24.3 Å². The Hall–Kier alpha value is -0.770. The number of furan rings is 1. The molecule has 0 radical (unpaired) electrons. The van der Waals surface area contributed by atoms with Crippen LogP contribution >= 0.6 is 34.5 Å². The van der Waals surface area contributed by atoms with E-state index in [4.69, 9.17) is 27.6 Å². The molecule has 78 valence electrons. The monoisotopic (exact) mass is 260 g/mol. The van der Waals surface area contributed by atoms with Crippen LogP contribution in [0.5, 0.6) is 0 Å². The van der Waals surface area contributed by atoms with Crippen molar-refractivity contribution in [3.8, 4) is 0 Å². The fourth-order valence-corrected chi connectivity index (χ4v) is 2.26. The van der Waals surface area contributed by atoms with Gasteiger partial charge in [0.2, 0.25) is 5.78 Å². The number of alkyl halides is 1. The Morgan fingerprint density at radius 3 is 2.67 bits per heavy atom. The Labute approximate surface area is 100 Å². The Bertz CT molecular complexity index is 487. The zero-order valence-corrected chi connectivity index (χ0v) is 9.83. The smallest absolute Gasteiger partial charge is 0.238 e. The summed E-state index contributed by atoms with van der Waals surface area (Å²) in [6, 6.07) is 6.67. The molecule has 0 saturated carbocycles. The number of halogens is 2. The molecule has 0 amide bonds. The molecule has 15 heavy (non-hydrogen) atoms. The van der Waals surface area contributed by atoms with Crippen LogP contribution in [0.1, 0.15) is 21.2 Å². The first-order chi connectivity index (χ1) is 7.20. The van der Waals surface area contributed by atoms with E-state index in [9.17, 15) is 4.79 Å². The quantitative estimate of drug-likeness (QED) is 0.618. The molecule has 2 rings (SSSR count). The average molecular weight is 261 g/mol. The third kappa shape index (κ3) is 2.25. The second kappa shape index (κ2) is 4.39. The molecule has 0 aromatic carbocycles. The molecule has 0 unspecified atom stereocenters. The maximum absolute atomic E-state index is 11.8. The third-order valence-electron chi connectivity index (χ3n) is 1.81. The van der Waals surface area contributed by atoms with Crippen LogP contribution in [0.4, 0.5) is 0 Å². The third-order valence-corrected chi connectivity index (χ3v) is 3.31. The van der Waals surface area contributed by atoms with E-state index in [-0.39, 0.29) is 11.7 Å². The van der Waals surface area contributed by atoms with Gasteiger partial charge in [0.05, 0.1) is 15.1 Å². The normalized spacial score (nSPS) is 10.5. The molecule has 0 spiro atoms. The van der Waals surface area contributed by atoms with E-state index in [1.165, 1.54) is 11.3 Å². The van der Waals surface area contributed by atoms with Gasteiger partial charge in [-0.25, -0.2) is 0 Å². The van der Waals surface area contributed by atoms with Crippen LogP contribution in [-0.2, 0) is 5.88 Å². The Morgan fingerprint density at radius 1 is 1.33 bits per heavy atom. The highest BCUT2D eigenvalue weighted by molar-refractivity contribution is 7.18. The lowest BCUT2D eigenvalue weighted by atomic mass is 10.2. The summed E-state index contributed by atoms with van der Waals surface area (Å²) in [4.78, 5) is 12.4. The summed E-state index contributed by atoms with van der Waals surface area (Å²) in [5.41, 5.74) is 0. The van der Waals surface area contributed by atoms with Crippen LogP contribution in [0.15, 0.2) is 28.7 Å². The van der Waals surface area contributed by atoms with Crippen molar-refractivity contribution >= 4 is 40.3 Å². The van der Waals surface area contributed by atoms with Gasteiger partial charge in [0.15, 0.2) is 5.76 Å². The van der Waals surface area contributed by atoms with E-state index in [1.807, 2.05) is 0 Å². The molecule has 0 fully saturated rings. The molecule has 2 aromatic rings. The second-order valence-corrected chi connectivity index (χ2v) is 4.81. The van der Waals surface area contributed by atoms with Crippen LogP contribution in [0.3, 0.4) is 0 Å². The van der Waals surface area contributed by atoms with Gasteiger partial charge in [0.1, 0.15) is 5.76 Å². The van der Waals surface area contributed by atoms with Gasteiger partial charge < -0.3 is 4.42 Å². The summed E-state index contributed by atoms with van der Waals surface area (Å²) >= 11 is 12.5. The summed E-state index contributed by atoms with van der Waals surface area (Å²) in [5, 5.41) is 0. The van der Waals surface area contributed by atoms with Crippen molar-refractivity contribution in [2.75, 3.05) is 0 Å². The Balaban J connectivity index is 2.28. The number of rotatable bonds is 3. The van der Waals surface area contributed by atoms with Crippen LogP contribution in [-0.4, -0.2) is 5.78 Å². The average Bonchev–Trinajstić information content (AvgIpc) is 2.84. The lowest BCUT2D eigenvalue weighted by Crippen LogP contribution is -1.95. The van der Waals surface area contributed by atoms with Crippen LogP contribution in [0.25, 0.3) is 0 Å². The largest absolute Gasteiger partial charge is 0.456 e. The Kier molecular flexibility index (Phi) is 3.14. The number of carbonyl (C=O) groups is 1. The van der Waals surface area contributed by atoms with Crippen molar-refractivity contribution < 1.29 is 9.21 Å². The lowest BCUT2D eigenvalue weighted by Gasteiger charge is -1.91. The molecular formula is C10H6Cl2O2S. The van der Waals surface area contributed by atoms with Crippen LogP contribution in [0.2, 0.25) is 4.34 Å². The zero-order chi connectivity index (χ0) is 10.8. The van der Waals surface area contributed by atoms with Gasteiger partial charge in [-0.05, 0) is 24.3 Å². The molecule has 0 saturated heterocycles. The van der Waals surface area contributed by atoms with Crippen molar-refractivity contribution in [1.82, 2.24) is 0 Å². The zero-order valence-electron chi connectivity index (χ0n) is 7.50. The lowest BCUT2D eigenvalue weighted by molar-refractivity contribution is 0.101. The first-order valence-corrected chi connectivity index (χ1v) is 5.88. The molecule has 0 aliphatic heterocycles. The predicted molar refractivity (Wildman–Crippen MR) is 61.0 cm³/mol. The number of thiophene rings is 1. The minimum atomic E-state index is -0.164. The Morgan fingerprint density at radius 2 is 2.13 bits per heavy atom. The highest BCUT2D eigenvalue weighted by Gasteiger charge is 2.15. The van der Waals surface area contributed by atoms with E-state index in [0.717, 1.165) is 0 Å². The standard InChI is InChI=1S/C10H6Cl2O2S/c11-5-6-1-2-7(14-6)10(13)8-3-4-9(12)15-8/h1-4H,5H2. The SMILES string of the molecule is O=C(c1ccc(CCl)o1)c1ccc(Cl)s1. The van der Waals surface area contributed by atoms with E-state index >= 15 is 0 Å². The van der Waals surface area contributed by atoms with E-state index in [2.05, 4.69) is 0 Å². The number of ketones is 1. The van der Waals surface area contributed by atoms with E-state index < -0.39 is 0 Å². The second-order valence-electron chi connectivity index (χ2n) is 2.83. The highest BCUT2D eigenvalue weighted by Crippen LogP contribution is 2.24. The maximum atomic E-state index is 11.8. The van der Waals surface area contributed by atoms with Gasteiger partial charge >= 0.3 is 0 Å². The van der Waals surface area contributed by atoms with Crippen molar-refractivity contribution in [1.29, 1.82) is 0 Å². The molecule has 2 aromatic heterocycles. The molecule has 0 atom stereocenters. The molecule has 5 heteroatoms. The topological polar surface area (TPSA) is 30.2 Å². The molecular weight excluding hydrogens is 255 g/mol. The summed E-state index contributed by atoms with van der Waals surface area (Å²) in [6.07, 6.45) is 0. The minimum absolute atomic E-state index is 0.164. The summed E-state index contributed by atoms with van der Waals surface area (Å²) in [6.45, 7) is 0. The summed E-state index contributed by atoms with van der Waals surface area (Å²) < 4.78 is 5.83. The maximum Gasteiger partial charge on any atom is 0.238 e. The van der Waals surface area contributed by atoms with Gasteiger partial charge in [-0.3, -0.25) is 4.79 Å². The van der Waals surface area contributed by atoms with Crippen molar-refractivity contribution in [3.05, 3.63) is 45.0 Å². The fourth-order valence-electron chi connectivity index (χ4n) is 1.13. The van der Waals surface area contributed by atoms with Gasteiger partial charge in [-0.2, -0.15) is 0 Å². The summed E-state index contributed by atoms with van der Waals surface area (Å²) in [7, 11) is 0. The van der Waals surface area contributed by atoms with Gasteiger partial charge in [0.25, 0.3) is 0 Å². The molecule has 0 bridgehead atoms. The first-order valence-electron chi connectivity index (χ1n) is 4.15. The van der Waals surface area contributed by atoms with Gasteiger partial charge in [-0.1, -0.05) is 11.6 Å².